The van der Waals surface area contributed by atoms with Crippen LogP contribution in [0.1, 0.15) is 46.9 Å². The molecule has 0 bridgehead atoms. The number of ether oxygens (including phenoxy) is 3. The van der Waals surface area contributed by atoms with Gasteiger partial charge >= 0.3 is 11.9 Å². The molecule has 44 heavy (non-hydrogen) atoms. The van der Waals surface area contributed by atoms with Gasteiger partial charge < -0.3 is 19.3 Å². The van der Waals surface area contributed by atoms with Crippen molar-refractivity contribution in [3.8, 4) is 11.5 Å². The lowest BCUT2D eigenvalue weighted by Gasteiger charge is -2.24. The van der Waals surface area contributed by atoms with Crippen molar-refractivity contribution in [1.29, 1.82) is 0 Å². The standard InChI is InChI=1S/C33H30N2O7S2/c1-5-41-32(39)28-19(2)34-33-35(29(28)22-10-12-24(43-4)13-11-22)30(36)27(44-33)17-20-9-14-25(26(16-20)40-3)42-18-21-7-6-8-23(15-21)31(37)38/h6-17,29H,5,18H2,1-4H3,(H,37,38)/b27-17-/t29-/m0/s1. The van der Waals surface area contributed by atoms with Gasteiger partial charge in [-0.05, 0) is 79.3 Å². The first kappa shape index (κ1) is 30.8. The highest BCUT2D eigenvalue weighted by molar-refractivity contribution is 7.98. The van der Waals surface area contributed by atoms with Crippen molar-refractivity contribution >= 4 is 41.1 Å². The maximum absolute atomic E-state index is 13.9. The molecule has 0 spiro atoms. The van der Waals surface area contributed by atoms with E-state index in [1.165, 1.54) is 24.5 Å². The second-order valence-electron chi connectivity index (χ2n) is 9.78. The van der Waals surface area contributed by atoms with E-state index in [9.17, 15) is 19.5 Å². The number of methoxy groups -OCH3 is 1. The quantitative estimate of drug-likeness (QED) is 0.196. The Morgan fingerprint density at radius 1 is 1.09 bits per heavy atom. The smallest absolute Gasteiger partial charge is 0.338 e. The highest BCUT2D eigenvalue weighted by Crippen LogP contribution is 2.32. The molecule has 0 unspecified atom stereocenters. The summed E-state index contributed by atoms with van der Waals surface area (Å²) < 4.78 is 18.9. The molecule has 1 N–H and O–H groups in total. The molecule has 226 valence electrons. The number of aromatic nitrogens is 1. The van der Waals surface area contributed by atoms with Crippen LogP contribution < -0.4 is 24.4 Å². The highest BCUT2D eigenvalue weighted by atomic mass is 32.2. The van der Waals surface area contributed by atoms with Crippen LogP contribution in [0.5, 0.6) is 11.5 Å². The minimum absolute atomic E-state index is 0.148. The number of carbonyl (C=O) groups excluding carboxylic acids is 1. The molecule has 0 aliphatic carbocycles. The maximum Gasteiger partial charge on any atom is 0.338 e. The zero-order chi connectivity index (χ0) is 31.4. The number of fused-ring (bicyclic) bond motifs is 1. The lowest BCUT2D eigenvalue weighted by atomic mass is 9.96. The summed E-state index contributed by atoms with van der Waals surface area (Å²) in [7, 11) is 1.52. The maximum atomic E-state index is 13.9. The fourth-order valence-corrected chi connectivity index (χ4v) is 6.35. The minimum Gasteiger partial charge on any atom is -0.493 e. The number of hydrogen-bond acceptors (Lipinski definition) is 9. The molecule has 4 aromatic rings. The largest absolute Gasteiger partial charge is 0.493 e. The van der Waals surface area contributed by atoms with Crippen molar-refractivity contribution in [3.05, 3.63) is 120 Å². The van der Waals surface area contributed by atoms with Crippen molar-refractivity contribution in [3.63, 3.8) is 0 Å². The number of thioether (sulfide) groups is 1. The minimum atomic E-state index is -1.01. The lowest BCUT2D eigenvalue weighted by molar-refractivity contribution is -0.139. The fraction of sp³-hybridized carbons (Fsp3) is 0.212. The summed E-state index contributed by atoms with van der Waals surface area (Å²) in [5.74, 6) is -0.591. The van der Waals surface area contributed by atoms with Crippen molar-refractivity contribution in [2.45, 2.75) is 31.4 Å². The number of hydrogen-bond donors (Lipinski definition) is 1. The zero-order valence-corrected chi connectivity index (χ0v) is 26.2. The Bertz CT molecular complexity index is 1940. The Balaban J connectivity index is 1.51. The van der Waals surface area contributed by atoms with Gasteiger partial charge in [0.25, 0.3) is 5.56 Å². The van der Waals surface area contributed by atoms with Gasteiger partial charge in [0.1, 0.15) is 6.61 Å². The number of rotatable bonds is 10. The highest BCUT2D eigenvalue weighted by Gasteiger charge is 2.33. The topological polar surface area (TPSA) is 116 Å². The van der Waals surface area contributed by atoms with E-state index in [4.69, 9.17) is 14.2 Å². The number of carbonyl (C=O) groups is 2. The third kappa shape index (κ3) is 6.34. The molecule has 0 saturated carbocycles. The van der Waals surface area contributed by atoms with Gasteiger partial charge in [-0.15, -0.1) is 11.8 Å². The molecule has 1 atom stereocenters. The van der Waals surface area contributed by atoms with Gasteiger partial charge in [-0.2, -0.15) is 0 Å². The second-order valence-corrected chi connectivity index (χ2v) is 11.7. The van der Waals surface area contributed by atoms with Crippen LogP contribution in [0.3, 0.4) is 0 Å². The fourth-order valence-electron chi connectivity index (χ4n) is 4.89. The van der Waals surface area contributed by atoms with Crippen LogP contribution in [0.25, 0.3) is 6.08 Å². The number of nitrogens with zero attached hydrogens (tertiary/aromatic N) is 2. The predicted molar refractivity (Wildman–Crippen MR) is 169 cm³/mol. The van der Waals surface area contributed by atoms with Crippen molar-refractivity contribution in [2.24, 2.45) is 4.99 Å². The first-order valence-electron chi connectivity index (χ1n) is 13.7. The predicted octanol–water partition coefficient (Wildman–Crippen LogP) is 4.81. The van der Waals surface area contributed by atoms with Crippen molar-refractivity contribution in [2.75, 3.05) is 20.0 Å². The number of thiazole rings is 1. The van der Waals surface area contributed by atoms with Gasteiger partial charge in [0.05, 0.1) is 41.1 Å². The van der Waals surface area contributed by atoms with E-state index in [-0.39, 0.29) is 24.3 Å². The van der Waals surface area contributed by atoms with E-state index in [0.717, 1.165) is 10.5 Å². The second kappa shape index (κ2) is 13.4. The van der Waals surface area contributed by atoms with Crippen LogP contribution in [0.15, 0.2) is 92.7 Å². The molecule has 0 radical (unpaired) electrons. The molecule has 5 rings (SSSR count). The molecule has 0 saturated heterocycles. The molecule has 0 amide bonds. The van der Waals surface area contributed by atoms with Gasteiger partial charge in [-0.3, -0.25) is 9.36 Å². The Morgan fingerprint density at radius 3 is 2.55 bits per heavy atom. The first-order chi connectivity index (χ1) is 21.2. The van der Waals surface area contributed by atoms with Crippen LogP contribution in [-0.2, 0) is 16.1 Å². The average Bonchev–Trinajstić information content (AvgIpc) is 3.33. The van der Waals surface area contributed by atoms with Gasteiger partial charge in [0.2, 0.25) is 0 Å². The van der Waals surface area contributed by atoms with E-state index in [1.54, 1.807) is 72.7 Å². The van der Waals surface area contributed by atoms with E-state index in [1.807, 2.05) is 30.5 Å². The third-order valence-corrected chi connectivity index (χ3v) is 8.73. The first-order valence-corrected chi connectivity index (χ1v) is 15.7. The van der Waals surface area contributed by atoms with Crippen LogP contribution in [0.2, 0.25) is 0 Å². The molecule has 9 nitrogen and oxygen atoms in total. The number of aromatic carboxylic acids is 1. The Kier molecular flexibility index (Phi) is 9.36. The molecule has 3 aromatic carbocycles. The van der Waals surface area contributed by atoms with Gasteiger partial charge in [-0.1, -0.05) is 41.7 Å². The monoisotopic (exact) mass is 630 g/mol. The Labute approximate surface area is 261 Å². The third-order valence-electron chi connectivity index (χ3n) is 7.00. The zero-order valence-electron chi connectivity index (χ0n) is 24.5. The van der Waals surface area contributed by atoms with Crippen molar-refractivity contribution in [1.82, 2.24) is 4.57 Å². The van der Waals surface area contributed by atoms with Crippen LogP contribution >= 0.6 is 23.1 Å². The lowest BCUT2D eigenvalue weighted by Crippen LogP contribution is -2.39. The van der Waals surface area contributed by atoms with E-state index in [2.05, 4.69) is 4.99 Å². The number of carboxylic acid groups (broad SMARTS) is 1. The molecular formula is C33H30N2O7S2. The normalized spacial score (nSPS) is 14.5. The summed E-state index contributed by atoms with van der Waals surface area (Å²) in [6.07, 6.45) is 3.74. The summed E-state index contributed by atoms with van der Waals surface area (Å²) in [5, 5.41) is 9.25. The number of allylic oxidation sites excluding steroid dienone is 1. The average molecular weight is 631 g/mol. The van der Waals surface area contributed by atoms with E-state index < -0.39 is 18.0 Å². The number of benzene rings is 3. The summed E-state index contributed by atoms with van der Waals surface area (Å²) >= 11 is 2.85. The number of carboxylic acids is 1. The van der Waals surface area contributed by atoms with Gasteiger partial charge in [0, 0.05) is 4.90 Å². The summed E-state index contributed by atoms with van der Waals surface area (Å²) in [5.41, 5.74) is 2.93. The van der Waals surface area contributed by atoms with E-state index in [0.29, 0.717) is 43.2 Å². The molecule has 1 aromatic heterocycles. The summed E-state index contributed by atoms with van der Waals surface area (Å²) in [6, 6.07) is 18.9. The van der Waals surface area contributed by atoms with E-state index >= 15 is 0 Å². The van der Waals surface area contributed by atoms with Gasteiger partial charge in [-0.25, -0.2) is 14.6 Å². The molecule has 2 heterocycles. The Morgan fingerprint density at radius 2 is 1.86 bits per heavy atom. The Hall–Kier alpha value is -4.61. The van der Waals surface area contributed by atoms with Gasteiger partial charge in [0.15, 0.2) is 16.3 Å². The summed E-state index contributed by atoms with van der Waals surface area (Å²) in [6.45, 7) is 3.85. The SMILES string of the molecule is CCOC(=O)C1=C(C)N=c2s/c(=C\c3ccc(OCc4cccc(C(=O)O)c4)c(OC)c3)c(=O)n2[C@H]1c1ccc(SC)cc1. The van der Waals surface area contributed by atoms with Crippen molar-refractivity contribution < 1.29 is 28.9 Å². The molecule has 11 heteroatoms. The molecular weight excluding hydrogens is 601 g/mol. The molecule has 1 aliphatic rings. The van der Waals surface area contributed by atoms with Crippen LogP contribution in [0.4, 0.5) is 0 Å². The molecule has 0 fully saturated rings. The number of esters is 1. The van der Waals surface area contributed by atoms with Crippen LogP contribution in [-0.4, -0.2) is 41.6 Å². The van der Waals surface area contributed by atoms with Crippen LogP contribution in [0, 0.1) is 0 Å². The molecule has 1 aliphatic heterocycles. The summed E-state index contributed by atoms with van der Waals surface area (Å²) in [4.78, 5) is 44.5.